The summed E-state index contributed by atoms with van der Waals surface area (Å²) in [4.78, 5) is 16.8. The number of halogens is 3. The summed E-state index contributed by atoms with van der Waals surface area (Å²) < 4.78 is 46.6. The molecule has 1 saturated heterocycles. The molecular weight excluding hydrogens is 399 g/mol. The summed E-state index contributed by atoms with van der Waals surface area (Å²) in [6, 6.07) is 7.20. The largest absolute Gasteiger partial charge is 0.504 e. The van der Waals surface area contributed by atoms with Gasteiger partial charge in [-0.3, -0.25) is 9.69 Å². The number of hydrogen-bond donors (Lipinski definition) is 1. The van der Waals surface area contributed by atoms with Gasteiger partial charge < -0.3 is 19.3 Å². The highest BCUT2D eigenvalue weighted by molar-refractivity contribution is 5.95. The number of phenols is 1. The van der Waals surface area contributed by atoms with Crippen LogP contribution in [0.25, 0.3) is 0 Å². The van der Waals surface area contributed by atoms with Crippen molar-refractivity contribution in [3.63, 3.8) is 0 Å². The third kappa shape index (κ3) is 3.21. The zero-order valence-corrected chi connectivity index (χ0v) is 16.9. The van der Waals surface area contributed by atoms with Gasteiger partial charge >= 0.3 is 6.18 Å². The Morgan fingerprint density at radius 1 is 1.10 bits per heavy atom. The number of benzene rings is 1. The maximum Gasteiger partial charge on any atom is 0.431 e. The van der Waals surface area contributed by atoms with Crippen molar-refractivity contribution in [3.05, 3.63) is 47.3 Å². The first-order chi connectivity index (χ1) is 14.2. The predicted molar refractivity (Wildman–Crippen MR) is 104 cm³/mol. The first-order valence-corrected chi connectivity index (χ1v) is 9.82. The van der Waals surface area contributed by atoms with Crippen LogP contribution >= 0.6 is 0 Å². The van der Waals surface area contributed by atoms with Crippen molar-refractivity contribution in [1.82, 2.24) is 14.4 Å². The number of fused-ring (bicyclic) bond motifs is 2. The standard InChI is InChI=1S/C21H24F3N3O3/c1-25-11-12-27-17(5-6-18(27)21(22,23)24)20(25)7-9-26(10-8-20)19(29)14-3-4-15(28)16(13-14)30-2/h3-6,13,28H,7-12H2,1-2H3. The van der Waals surface area contributed by atoms with E-state index < -0.39 is 17.4 Å². The van der Waals surface area contributed by atoms with Crippen molar-refractivity contribution < 1.29 is 27.8 Å². The van der Waals surface area contributed by atoms with Crippen LogP contribution in [-0.4, -0.2) is 59.2 Å². The minimum atomic E-state index is -4.38. The summed E-state index contributed by atoms with van der Waals surface area (Å²) in [5.41, 5.74) is -0.0625. The zero-order valence-electron chi connectivity index (χ0n) is 16.9. The molecule has 1 fully saturated rings. The molecule has 2 aliphatic heterocycles. The Bertz CT molecular complexity index is 962. The molecule has 1 spiro atoms. The van der Waals surface area contributed by atoms with Crippen molar-refractivity contribution >= 4 is 5.91 Å². The van der Waals surface area contributed by atoms with Crippen molar-refractivity contribution in [2.24, 2.45) is 0 Å². The van der Waals surface area contributed by atoms with Gasteiger partial charge in [-0.1, -0.05) is 0 Å². The quantitative estimate of drug-likeness (QED) is 0.806. The average molecular weight is 423 g/mol. The minimum absolute atomic E-state index is 0.0447. The van der Waals surface area contributed by atoms with E-state index in [-0.39, 0.29) is 17.4 Å². The van der Waals surface area contributed by atoms with Crippen LogP contribution in [0.3, 0.4) is 0 Å². The van der Waals surface area contributed by atoms with Crippen LogP contribution in [0.1, 0.15) is 34.6 Å². The summed E-state index contributed by atoms with van der Waals surface area (Å²) >= 11 is 0. The van der Waals surface area contributed by atoms with Gasteiger partial charge in [-0.2, -0.15) is 13.2 Å². The van der Waals surface area contributed by atoms with Crippen LogP contribution in [-0.2, 0) is 18.3 Å². The number of nitrogens with zero attached hydrogens (tertiary/aromatic N) is 3. The predicted octanol–water partition coefficient (Wildman–Crippen LogP) is 3.30. The highest BCUT2D eigenvalue weighted by Gasteiger charge is 2.47. The number of aromatic nitrogens is 1. The van der Waals surface area contributed by atoms with E-state index in [1.54, 1.807) is 11.0 Å². The van der Waals surface area contributed by atoms with Crippen LogP contribution in [0.4, 0.5) is 13.2 Å². The van der Waals surface area contributed by atoms with E-state index in [0.717, 1.165) is 6.07 Å². The summed E-state index contributed by atoms with van der Waals surface area (Å²) in [6.45, 7) is 1.68. The fourth-order valence-corrected chi connectivity index (χ4v) is 4.73. The number of likely N-dealkylation sites (N-methyl/N-ethyl adjacent to an activating group) is 1. The summed E-state index contributed by atoms with van der Waals surface area (Å²) in [5, 5.41) is 9.74. The van der Waals surface area contributed by atoms with Gasteiger partial charge in [0.05, 0.1) is 12.6 Å². The molecule has 1 N–H and O–H groups in total. The molecule has 2 aliphatic rings. The van der Waals surface area contributed by atoms with E-state index in [9.17, 15) is 23.1 Å². The third-order valence-corrected chi connectivity index (χ3v) is 6.44. The molecule has 0 radical (unpaired) electrons. The van der Waals surface area contributed by atoms with Gasteiger partial charge in [0.2, 0.25) is 0 Å². The SMILES string of the molecule is COc1cc(C(=O)N2CCC3(CC2)c2ccc(C(F)(F)F)n2CCN3C)ccc1O. The van der Waals surface area contributed by atoms with Crippen LogP contribution in [0, 0.1) is 0 Å². The van der Waals surface area contributed by atoms with E-state index >= 15 is 0 Å². The van der Waals surface area contributed by atoms with Crippen LogP contribution in [0.15, 0.2) is 30.3 Å². The number of aromatic hydroxyl groups is 1. The van der Waals surface area contributed by atoms with Gasteiger partial charge in [0.1, 0.15) is 5.69 Å². The Balaban J connectivity index is 1.57. The van der Waals surface area contributed by atoms with E-state index in [0.29, 0.717) is 50.3 Å². The summed E-state index contributed by atoms with van der Waals surface area (Å²) in [5.74, 6) is -0.0106. The second kappa shape index (κ2) is 7.23. The first-order valence-electron chi connectivity index (χ1n) is 9.82. The molecule has 0 saturated carbocycles. The van der Waals surface area contributed by atoms with Crippen molar-refractivity contribution in [1.29, 1.82) is 0 Å². The molecule has 9 heteroatoms. The maximum absolute atomic E-state index is 13.4. The van der Waals surface area contributed by atoms with Gasteiger partial charge in [-0.25, -0.2) is 0 Å². The zero-order chi connectivity index (χ0) is 21.7. The fourth-order valence-electron chi connectivity index (χ4n) is 4.73. The molecule has 3 heterocycles. The molecule has 1 aromatic heterocycles. The van der Waals surface area contributed by atoms with Gasteiger partial charge in [0.15, 0.2) is 11.5 Å². The average Bonchev–Trinajstić information content (AvgIpc) is 3.17. The Morgan fingerprint density at radius 3 is 2.43 bits per heavy atom. The second-order valence-electron chi connectivity index (χ2n) is 7.89. The van der Waals surface area contributed by atoms with Crippen molar-refractivity contribution in [2.45, 2.75) is 31.1 Å². The van der Waals surface area contributed by atoms with Gasteiger partial charge in [0.25, 0.3) is 5.91 Å². The first kappa shape index (κ1) is 20.6. The molecule has 0 unspecified atom stereocenters. The number of carbonyl (C=O) groups excluding carboxylic acids is 1. The molecule has 0 atom stereocenters. The van der Waals surface area contributed by atoms with Crippen LogP contribution < -0.4 is 4.74 Å². The minimum Gasteiger partial charge on any atom is -0.504 e. The van der Waals surface area contributed by atoms with E-state index in [1.165, 1.54) is 29.9 Å². The van der Waals surface area contributed by atoms with Crippen molar-refractivity contribution in [2.75, 3.05) is 33.8 Å². The molecule has 4 rings (SSSR count). The molecule has 0 aliphatic carbocycles. The number of hydrogen-bond acceptors (Lipinski definition) is 4. The van der Waals surface area contributed by atoms with E-state index in [1.807, 2.05) is 7.05 Å². The lowest BCUT2D eigenvalue weighted by molar-refractivity contribution is -0.144. The summed E-state index contributed by atoms with van der Waals surface area (Å²) in [6.07, 6.45) is -3.29. The molecule has 1 aromatic carbocycles. The van der Waals surface area contributed by atoms with Crippen molar-refractivity contribution in [3.8, 4) is 11.5 Å². The molecule has 162 valence electrons. The Hall–Kier alpha value is -2.68. The number of methoxy groups -OCH3 is 1. The maximum atomic E-state index is 13.4. The second-order valence-corrected chi connectivity index (χ2v) is 7.89. The van der Waals surface area contributed by atoms with Gasteiger partial charge in [0, 0.05) is 37.4 Å². The number of likely N-dealkylation sites (tertiary alicyclic amines) is 1. The topological polar surface area (TPSA) is 57.9 Å². The van der Waals surface area contributed by atoms with Gasteiger partial charge in [-0.05, 0) is 50.2 Å². The molecule has 1 amide bonds. The lowest BCUT2D eigenvalue weighted by Gasteiger charge is -2.50. The number of rotatable bonds is 2. The number of carbonyl (C=O) groups is 1. The molecule has 30 heavy (non-hydrogen) atoms. The van der Waals surface area contributed by atoms with E-state index in [4.69, 9.17) is 4.74 Å². The summed E-state index contributed by atoms with van der Waals surface area (Å²) in [7, 11) is 3.35. The molecule has 2 aromatic rings. The third-order valence-electron chi connectivity index (χ3n) is 6.44. The van der Waals surface area contributed by atoms with E-state index in [2.05, 4.69) is 4.90 Å². The molecular formula is C21H24F3N3O3. The molecule has 0 bridgehead atoms. The fraction of sp³-hybridized carbons (Fsp3) is 0.476. The lowest BCUT2D eigenvalue weighted by atomic mass is 9.81. The molecule has 6 nitrogen and oxygen atoms in total. The highest BCUT2D eigenvalue weighted by Crippen LogP contribution is 2.44. The number of phenolic OH excluding ortho intramolecular Hbond substituents is 1. The number of piperidine rings is 1. The Kier molecular flexibility index (Phi) is 4.96. The smallest absolute Gasteiger partial charge is 0.431 e. The number of amides is 1. The Morgan fingerprint density at radius 2 is 1.80 bits per heavy atom. The van der Waals surface area contributed by atoms with Crippen LogP contribution in [0.5, 0.6) is 11.5 Å². The lowest BCUT2D eigenvalue weighted by Crippen LogP contribution is -2.56. The Labute approximate surface area is 172 Å². The van der Waals surface area contributed by atoms with Crippen LogP contribution in [0.2, 0.25) is 0 Å². The normalized spacial score (nSPS) is 19.0. The number of ether oxygens (including phenoxy) is 1. The van der Waals surface area contributed by atoms with Gasteiger partial charge in [-0.15, -0.1) is 0 Å². The monoisotopic (exact) mass is 423 g/mol. The highest BCUT2D eigenvalue weighted by atomic mass is 19.4. The number of alkyl halides is 3.